The number of rotatable bonds is 7. The molecule has 1 heterocycles. The van der Waals surface area contributed by atoms with Gasteiger partial charge in [-0.2, -0.15) is 0 Å². The predicted octanol–water partition coefficient (Wildman–Crippen LogP) is 2.10. The van der Waals surface area contributed by atoms with Gasteiger partial charge in [-0.1, -0.05) is 29.8 Å². The van der Waals surface area contributed by atoms with E-state index >= 15 is 0 Å². The number of carbonyl (C=O) groups excluding carboxylic acids is 3. The SMILES string of the molecule is Cc1ccc(C2(C)NC(=O)N(CC(=O)NCCOc3ccc(F)cc3)C2=O)cc1. The Hall–Kier alpha value is -3.42. The highest BCUT2D eigenvalue weighted by Gasteiger charge is 2.49. The van der Waals surface area contributed by atoms with Crippen molar-refractivity contribution in [3.8, 4) is 5.75 Å². The molecule has 1 unspecified atom stereocenters. The van der Waals surface area contributed by atoms with Gasteiger partial charge in [0.15, 0.2) is 0 Å². The van der Waals surface area contributed by atoms with Gasteiger partial charge in [-0.05, 0) is 43.7 Å². The molecule has 1 aliphatic rings. The average molecular weight is 399 g/mol. The molecule has 1 saturated heterocycles. The first-order valence-electron chi connectivity index (χ1n) is 9.16. The van der Waals surface area contributed by atoms with Crippen LogP contribution in [0.3, 0.4) is 0 Å². The molecule has 1 fully saturated rings. The van der Waals surface area contributed by atoms with Gasteiger partial charge in [-0.25, -0.2) is 9.18 Å². The number of ether oxygens (including phenoxy) is 1. The van der Waals surface area contributed by atoms with Gasteiger partial charge in [0, 0.05) is 0 Å². The van der Waals surface area contributed by atoms with Crippen molar-refractivity contribution in [1.82, 2.24) is 15.5 Å². The number of benzene rings is 2. The lowest BCUT2D eigenvalue weighted by atomic mass is 9.91. The van der Waals surface area contributed by atoms with E-state index in [9.17, 15) is 18.8 Å². The third-order valence-electron chi connectivity index (χ3n) is 4.71. The van der Waals surface area contributed by atoms with Crippen LogP contribution in [0.2, 0.25) is 0 Å². The van der Waals surface area contributed by atoms with Gasteiger partial charge in [0.1, 0.15) is 30.3 Å². The predicted molar refractivity (Wildman–Crippen MR) is 104 cm³/mol. The minimum absolute atomic E-state index is 0.165. The van der Waals surface area contributed by atoms with Gasteiger partial charge >= 0.3 is 6.03 Å². The molecule has 1 atom stereocenters. The molecule has 2 aromatic rings. The largest absolute Gasteiger partial charge is 0.492 e. The van der Waals surface area contributed by atoms with Crippen LogP contribution in [0.5, 0.6) is 5.75 Å². The first-order chi connectivity index (χ1) is 13.8. The molecule has 1 aliphatic heterocycles. The van der Waals surface area contributed by atoms with E-state index in [1.807, 2.05) is 19.1 Å². The van der Waals surface area contributed by atoms with Crippen LogP contribution in [0.1, 0.15) is 18.1 Å². The van der Waals surface area contributed by atoms with Gasteiger partial charge in [0.2, 0.25) is 5.91 Å². The Balaban J connectivity index is 1.52. The first-order valence-corrected chi connectivity index (χ1v) is 9.16. The maximum atomic E-state index is 12.8. The number of urea groups is 1. The Bertz CT molecular complexity index is 915. The van der Waals surface area contributed by atoms with E-state index in [1.165, 1.54) is 24.3 Å². The van der Waals surface area contributed by atoms with Crippen LogP contribution in [-0.4, -0.2) is 42.4 Å². The molecule has 152 valence electrons. The highest BCUT2D eigenvalue weighted by atomic mass is 19.1. The third kappa shape index (κ3) is 4.53. The van der Waals surface area contributed by atoms with Crippen molar-refractivity contribution in [3.05, 3.63) is 65.5 Å². The molecule has 0 radical (unpaired) electrons. The summed E-state index contributed by atoms with van der Waals surface area (Å²) < 4.78 is 18.2. The highest BCUT2D eigenvalue weighted by Crippen LogP contribution is 2.28. The van der Waals surface area contributed by atoms with Gasteiger partial charge < -0.3 is 15.4 Å². The van der Waals surface area contributed by atoms with Crippen molar-refractivity contribution in [2.45, 2.75) is 19.4 Å². The van der Waals surface area contributed by atoms with E-state index in [4.69, 9.17) is 4.74 Å². The van der Waals surface area contributed by atoms with Crippen molar-refractivity contribution in [2.75, 3.05) is 19.7 Å². The van der Waals surface area contributed by atoms with E-state index < -0.39 is 23.4 Å². The number of imide groups is 1. The fraction of sp³-hybridized carbons (Fsp3) is 0.286. The van der Waals surface area contributed by atoms with Crippen LogP contribution in [0.4, 0.5) is 9.18 Å². The van der Waals surface area contributed by atoms with Crippen molar-refractivity contribution < 1.29 is 23.5 Å². The van der Waals surface area contributed by atoms with E-state index in [2.05, 4.69) is 10.6 Å². The summed E-state index contributed by atoms with van der Waals surface area (Å²) in [5, 5.41) is 5.26. The molecule has 0 bridgehead atoms. The third-order valence-corrected chi connectivity index (χ3v) is 4.71. The maximum absolute atomic E-state index is 12.8. The molecule has 8 heteroatoms. The molecule has 0 saturated carbocycles. The van der Waals surface area contributed by atoms with Crippen LogP contribution >= 0.6 is 0 Å². The zero-order chi connectivity index (χ0) is 21.0. The van der Waals surface area contributed by atoms with Crippen molar-refractivity contribution in [3.63, 3.8) is 0 Å². The summed E-state index contributed by atoms with van der Waals surface area (Å²) in [6, 6.07) is 12.2. The maximum Gasteiger partial charge on any atom is 0.325 e. The van der Waals surface area contributed by atoms with Crippen LogP contribution in [0, 0.1) is 12.7 Å². The van der Waals surface area contributed by atoms with Gasteiger partial charge in [-0.15, -0.1) is 0 Å². The number of carbonyl (C=O) groups is 3. The molecule has 7 nitrogen and oxygen atoms in total. The standard InChI is InChI=1S/C21H22FN3O4/c1-14-3-5-15(6-4-14)21(2)19(27)25(20(28)24-21)13-18(26)23-11-12-29-17-9-7-16(22)8-10-17/h3-10H,11-13H2,1-2H3,(H,23,26)(H,24,28). The molecule has 4 amide bonds. The fourth-order valence-corrected chi connectivity index (χ4v) is 3.01. The molecule has 0 aliphatic carbocycles. The van der Waals surface area contributed by atoms with Gasteiger partial charge in [0.25, 0.3) is 5.91 Å². The smallest absolute Gasteiger partial charge is 0.325 e. The average Bonchev–Trinajstić information content (AvgIpc) is 2.91. The van der Waals surface area contributed by atoms with E-state index in [0.717, 1.165) is 10.5 Å². The second kappa shape index (κ2) is 8.30. The van der Waals surface area contributed by atoms with Crippen LogP contribution in [0.15, 0.2) is 48.5 Å². The summed E-state index contributed by atoms with van der Waals surface area (Å²) in [7, 11) is 0. The molecule has 29 heavy (non-hydrogen) atoms. The van der Waals surface area contributed by atoms with E-state index in [0.29, 0.717) is 11.3 Å². The zero-order valence-electron chi connectivity index (χ0n) is 16.2. The number of nitrogens with one attached hydrogen (secondary N) is 2. The van der Waals surface area contributed by atoms with E-state index in [-0.39, 0.29) is 25.5 Å². The topological polar surface area (TPSA) is 87.7 Å². The Labute approximate surface area is 167 Å². The minimum atomic E-state index is -1.21. The summed E-state index contributed by atoms with van der Waals surface area (Å²) in [5.74, 6) is -0.853. The normalized spacial score (nSPS) is 18.5. The summed E-state index contributed by atoms with van der Waals surface area (Å²) in [6.45, 7) is 3.50. The minimum Gasteiger partial charge on any atom is -0.492 e. The van der Waals surface area contributed by atoms with Gasteiger partial charge in [0.05, 0.1) is 6.54 Å². The lowest BCUT2D eigenvalue weighted by Crippen LogP contribution is -2.43. The number of nitrogens with zero attached hydrogens (tertiary/aromatic N) is 1. The molecule has 0 aromatic heterocycles. The molecule has 2 aromatic carbocycles. The first kappa shape index (κ1) is 20.3. The Morgan fingerprint density at radius 1 is 1.14 bits per heavy atom. The summed E-state index contributed by atoms with van der Waals surface area (Å²) in [4.78, 5) is 38.1. The van der Waals surface area contributed by atoms with Crippen LogP contribution in [-0.2, 0) is 15.1 Å². The monoisotopic (exact) mass is 399 g/mol. The summed E-state index contributed by atoms with van der Waals surface area (Å²) in [5.41, 5.74) is 0.474. The van der Waals surface area contributed by atoms with Crippen molar-refractivity contribution in [2.24, 2.45) is 0 Å². The molecule has 0 spiro atoms. The molecule has 2 N–H and O–H groups in total. The fourth-order valence-electron chi connectivity index (χ4n) is 3.01. The number of hydrogen-bond acceptors (Lipinski definition) is 4. The van der Waals surface area contributed by atoms with E-state index in [1.54, 1.807) is 19.1 Å². The number of hydrogen-bond donors (Lipinski definition) is 2. The number of amides is 4. The molecule has 3 rings (SSSR count). The Morgan fingerprint density at radius 3 is 2.45 bits per heavy atom. The van der Waals surface area contributed by atoms with Gasteiger partial charge in [-0.3, -0.25) is 14.5 Å². The number of aryl methyl sites for hydroxylation is 1. The van der Waals surface area contributed by atoms with Crippen LogP contribution < -0.4 is 15.4 Å². The molecular formula is C21H22FN3O4. The second-order valence-corrected chi connectivity index (χ2v) is 6.96. The lowest BCUT2D eigenvalue weighted by molar-refractivity contribution is -0.134. The Kier molecular flexibility index (Phi) is 5.81. The van der Waals surface area contributed by atoms with Crippen molar-refractivity contribution >= 4 is 17.8 Å². The van der Waals surface area contributed by atoms with Crippen molar-refractivity contribution in [1.29, 1.82) is 0 Å². The quantitative estimate of drug-likeness (QED) is 0.551. The highest BCUT2D eigenvalue weighted by molar-refractivity contribution is 6.09. The summed E-state index contributed by atoms with van der Waals surface area (Å²) >= 11 is 0. The Morgan fingerprint density at radius 2 is 1.79 bits per heavy atom. The lowest BCUT2D eigenvalue weighted by Gasteiger charge is -2.22. The second-order valence-electron chi connectivity index (χ2n) is 6.96. The van der Waals surface area contributed by atoms with Crippen LogP contribution in [0.25, 0.3) is 0 Å². The number of halogens is 1. The molecular weight excluding hydrogens is 377 g/mol. The summed E-state index contributed by atoms with van der Waals surface area (Å²) in [6.07, 6.45) is 0. The zero-order valence-corrected chi connectivity index (χ0v) is 16.2.